The second kappa shape index (κ2) is 3.96. The van der Waals surface area contributed by atoms with Crippen molar-refractivity contribution in [3.05, 3.63) is 43.2 Å². The predicted octanol–water partition coefficient (Wildman–Crippen LogP) is 3.00. The molecular weight excluding hydrogens is 301 g/mol. The third-order valence-corrected chi connectivity index (χ3v) is 3.33. The van der Waals surface area contributed by atoms with Crippen LogP contribution in [0.15, 0.2) is 23.0 Å². The lowest BCUT2D eigenvalue weighted by atomic mass is 10.1. The van der Waals surface area contributed by atoms with Crippen molar-refractivity contribution in [1.29, 1.82) is 0 Å². The summed E-state index contributed by atoms with van der Waals surface area (Å²) < 4.78 is 1.09. The molecule has 1 aromatic carbocycles. The average Bonchev–Trinajstić information content (AvgIpc) is 2.24. The molecule has 0 atom stereocenters. The second-order valence-electron chi connectivity index (χ2n) is 3.60. The van der Waals surface area contributed by atoms with E-state index in [9.17, 15) is 4.79 Å². The van der Waals surface area contributed by atoms with Gasteiger partial charge in [-0.3, -0.25) is 4.79 Å². The SMILES string of the molecule is CCc1[nH]c2ccc(I)cc2c(=O)c1C. The van der Waals surface area contributed by atoms with Gasteiger partial charge in [0.05, 0.1) is 0 Å². The van der Waals surface area contributed by atoms with Gasteiger partial charge < -0.3 is 4.98 Å². The van der Waals surface area contributed by atoms with Gasteiger partial charge in [0.25, 0.3) is 0 Å². The zero-order chi connectivity index (χ0) is 11.0. The summed E-state index contributed by atoms with van der Waals surface area (Å²) >= 11 is 2.22. The number of hydrogen-bond acceptors (Lipinski definition) is 1. The maximum Gasteiger partial charge on any atom is 0.192 e. The topological polar surface area (TPSA) is 32.9 Å². The Kier molecular flexibility index (Phi) is 2.82. The number of aromatic nitrogens is 1. The first-order valence-corrected chi connectivity index (χ1v) is 6.02. The van der Waals surface area contributed by atoms with E-state index in [1.807, 2.05) is 25.1 Å². The molecule has 2 aromatic rings. The molecule has 3 heteroatoms. The van der Waals surface area contributed by atoms with Crippen molar-refractivity contribution in [2.45, 2.75) is 20.3 Å². The van der Waals surface area contributed by atoms with Crippen LogP contribution in [-0.2, 0) is 6.42 Å². The van der Waals surface area contributed by atoms with Crippen LogP contribution in [0.3, 0.4) is 0 Å². The molecule has 0 aliphatic carbocycles. The van der Waals surface area contributed by atoms with Crippen LogP contribution in [-0.4, -0.2) is 4.98 Å². The molecule has 0 aliphatic heterocycles. The molecule has 0 saturated heterocycles. The van der Waals surface area contributed by atoms with Crippen molar-refractivity contribution < 1.29 is 0 Å². The van der Waals surface area contributed by atoms with E-state index in [1.165, 1.54) is 0 Å². The Morgan fingerprint density at radius 2 is 2.13 bits per heavy atom. The number of benzene rings is 1. The monoisotopic (exact) mass is 313 g/mol. The molecule has 78 valence electrons. The molecule has 0 fully saturated rings. The van der Waals surface area contributed by atoms with Gasteiger partial charge in [-0.25, -0.2) is 0 Å². The van der Waals surface area contributed by atoms with E-state index in [2.05, 4.69) is 34.5 Å². The smallest absolute Gasteiger partial charge is 0.192 e. The summed E-state index contributed by atoms with van der Waals surface area (Å²) in [5.74, 6) is 0. The summed E-state index contributed by atoms with van der Waals surface area (Å²) in [6.45, 7) is 3.94. The lowest BCUT2D eigenvalue weighted by molar-refractivity contribution is 1.02. The largest absolute Gasteiger partial charge is 0.358 e. The summed E-state index contributed by atoms with van der Waals surface area (Å²) in [4.78, 5) is 15.3. The molecule has 0 amide bonds. The number of hydrogen-bond donors (Lipinski definition) is 1. The number of rotatable bonds is 1. The summed E-state index contributed by atoms with van der Waals surface area (Å²) in [7, 11) is 0. The molecule has 1 aromatic heterocycles. The highest BCUT2D eigenvalue weighted by molar-refractivity contribution is 14.1. The van der Waals surface area contributed by atoms with Crippen molar-refractivity contribution in [2.24, 2.45) is 0 Å². The van der Waals surface area contributed by atoms with Crippen LogP contribution in [0.4, 0.5) is 0 Å². The van der Waals surface area contributed by atoms with Gasteiger partial charge in [0, 0.05) is 25.7 Å². The molecule has 2 nitrogen and oxygen atoms in total. The highest BCUT2D eigenvalue weighted by atomic mass is 127. The third-order valence-electron chi connectivity index (χ3n) is 2.66. The number of aryl methyl sites for hydroxylation is 1. The third kappa shape index (κ3) is 1.80. The Morgan fingerprint density at radius 1 is 1.40 bits per heavy atom. The molecule has 2 rings (SSSR count). The van der Waals surface area contributed by atoms with Gasteiger partial charge in [-0.15, -0.1) is 0 Å². The quantitative estimate of drug-likeness (QED) is 0.807. The molecule has 0 bridgehead atoms. The van der Waals surface area contributed by atoms with Crippen LogP contribution < -0.4 is 5.43 Å². The Balaban J connectivity index is 2.91. The zero-order valence-corrected chi connectivity index (χ0v) is 10.9. The summed E-state index contributed by atoms with van der Waals surface area (Å²) in [6, 6.07) is 5.91. The molecule has 0 radical (unpaired) electrons. The first kappa shape index (κ1) is 10.7. The molecule has 15 heavy (non-hydrogen) atoms. The van der Waals surface area contributed by atoms with Gasteiger partial charge in [0.15, 0.2) is 5.43 Å². The number of nitrogens with one attached hydrogen (secondary N) is 1. The van der Waals surface area contributed by atoms with Crippen molar-refractivity contribution in [2.75, 3.05) is 0 Å². The van der Waals surface area contributed by atoms with E-state index in [4.69, 9.17) is 0 Å². The van der Waals surface area contributed by atoms with Gasteiger partial charge in [0.1, 0.15) is 0 Å². The highest BCUT2D eigenvalue weighted by Gasteiger charge is 2.06. The number of H-pyrrole nitrogens is 1. The van der Waals surface area contributed by atoms with Crippen molar-refractivity contribution >= 4 is 33.5 Å². The lowest BCUT2D eigenvalue weighted by Crippen LogP contribution is -2.11. The summed E-state index contributed by atoms with van der Waals surface area (Å²) in [6.07, 6.45) is 0.864. The van der Waals surface area contributed by atoms with E-state index in [0.717, 1.165) is 32.2 Å². The van der Waals surface area contributed by atoms with Crippen molar-refractivity contribution in [3.8, 4) is 0 Å². The van der Waals surface area contributed by atoms with E-state index in [1.54, 1.807) is 0 Å². The van der Waals surface area contributed by atoms with Crippen molar-refractivity contribution in [3.63, 3.8) is 0 Å². The number of fused-ring (bicyclic) bond motifs is 1. The minimum absolute atomic E-state index is 0.152. The fraction of sp³-hybridized carbons (Fsp3) is 0.250. The average molecular weight is 313 g/mol. The van der Waals surface area contributed by atoms with Gasteiger partial charge >= 0.3 is 0 Å². The highest BCUT2D eigenvalue weighted by Crippen LogP contribution is 2.14. The number of halogens is 1. The van der Waals surface area contributed by atoms with Crippen LogP contribution in [0, 0.1) is 10.5 Å². The van der Waals surface area contributed by atoms with Gasteiger partial charge in [-0.1, -0.05) is 6.92 Å². The molecule has 1 heterocycles. The molecular formula is C12H12INO. The van der Waals surface area contributed by atoms with Crippen LogP contribution in [0.1, 0.15) is 18.2 Å². The molecule has 0 aliphatic rings. The van der Waals surface area contributed by atoms with Crippen LogP contribution in [0.5, 0.6) is 0 Å². The molecule has 1 N–H and O–H groups in total. The maximum atomic E-state index is 12.0. The van der Waals surface area contributed by atoms with Crippen LogP contribution in [0.2, 0.25) is 0 Å². The summed E-state index contributed by atoms with van der Waals surface area (Å²) in [5.41, 5.74) is 2.96. The molecule has 0 unspecified atom stereocenters. The normalized spacial score (nSPS) is 10.9. The van der Waals surface area contributed by atoms with Crippen LogP contribution >= 0.6 is 22.6 Å². The van der Waals surface area contributed by atoms with Crippen molar-refractivity contribution in [1.82, 2.24) is 4.98 Å². The Morgan fingerprint density at radius 3 is 2.80 bits per heavy atom. The molecule has 0 saturated carbocycles. The Labute approximate surface area is 102 Å². The number of aromatic amines is 1. The van der Waals surface area contributed by atoms with E-state index < -0.39 is 0 Å². The van der Waals surface area contributed by atoms with E-state index >= 15 is 0 Å². The zero-order valence-electron chi connectivity index (χ0n) is 8.73. The van der Waals surface area contributed by atoms with Gasteiger partial charge in [-0.05, 0) is 54.1 Å². The maximum absolute atomic E-state index is 12.0. The molecule has 0 spiro atoms. The number of pyridine rings is 1. The minimum Gasteiger partial charge on any atom is -0.358 e. The fourth-order valence-corrected chi connectivity index (χ4v) is 2.25. The Bertz CT molecular complexity index is 572. The van der Waals surface area contributed by atoms with Gasteiger partial charge in [0.2, 0.25) is 0 Å². The minimum atomic E-state index is 0.152. The van der Waals surface area contributed by atoms with E-state index in [-0.39, 0.29) is 5.43 Å². The standard InChI is InChI=1S/C12H12INO/c1-3-10-7(2)12(15)9-6-8(13)4-5-11(9)14-10/h4-6H,3H2,1-2H3,(H,14,15). The Hall–Kier alpha value is -0.840. The fourth-order valence-electron chi connectivity index (χ4n) is 1.76. The van der Waals surface area contributed by atoms with Crippen LogP contribution in [0.25, 0.3) is 10.9 Å². The summed E-state index contributed by atoms with van der Waals surface area (Å²) in [5, 5.41) is 0.789. The first-order valence-electron chi connectivity index (χ1n) is 4.94. The van der Waals surface area contributed by atoms with Gasteiger partial charge in [-0.2, -0.15) is 0 Å². The predicted molar refractivity (Wildman–Crippen MR) is 71.4 cm³/mol. The first-order chi connectivity index (χ1) is 7.13. The van der Waals surface area contributed by atoms with E-state index in [0.29, 0.717) is 0 Å². The second-order valence-corrected chi connectivity index (χ2v) is 4.85. The lowest BCUT2D eigenvalue weighted by Gasteiger charge is -2.06.